The Labute approximate surface area is 182 Å². The van der Waals surface area contributed by atoms with E-state index in [-0.39, 0.29) is 0 Å². The number of hydrogen-bond donors (Lipinski definition) is 1. The van der Waals surface area contributed by atoms with E-state index < -0.39 is 0 Å². The summed E-state index contributed by atoms with van der Waals surface area (Å²) in [4.78, 5) is 7.07. The minimum Gasteiger partial charge on any atom is -0.493 e. The fourth-order valence-electron chi connectivity index (χ4n) is 3.30. The van der Waals surface area contributed by atoms with Crippen molar-refractivity contribution in [3.8, 4) is 5.75 Å². The van der Waals surface area contributed by atoms with E-state index in [1.165, 1.54) is 0 Å². The van der Waals surface area contributed by atoms with Crippen molar-refractivity contribution in [2.75, 3.05) is 26.2 Å². The number of aryl methyl sites for hydroxylation is 1. The molecule has 1 saturated heterocycles. The van der Waals surface area contributed by atoms with Crippen molar-refractivity contribution in [3.05, 3.63) is 39.9 Å². The fourth-order valence-corrected chi connectivity index (χ4v) is 3.80. The molecule has 0 bridgehead atoms. The van der Waals surface area contributed by atoms with E-state index >= 15 is 0 Å². The molecule has 1 aliphatic rings. The SMILES string of the molecule is CCNC(=NCc1nnc(C)n1C)N1CCC(COc2cc(Cl)cc(Cl)c2)CC1. The molecule has 1 aliphatic heterocycles. The molecule has 0 saturated carbocycles. The molecule has 0 aliphatic carbocycles. The summed E-state index contributed by atoms with van der Waals surface area (Å²) in [5, 5.41) is 12.9. The number of guanidine groups is 1. The number of benzene rings is 1. The van der Waals surface area contributed by atoms with Crippen LogP contribution >= 0.6 is 23.2 Å². The highest BCUT2D eigenvalue weighted by atomic mass is 35.5. The molecule has 3 rings (SSSR count). The average Bonchev–Trinajstić information content (AvgIpc) is 3.01. The van der Waals surface area contributed by atoms with E-state index in [0.29, 0.717) is 29.1 Å². The number of halogens is 2. The Hall–Kier alpha value is -1.99. The molecule has 0 radical (unpaired) electrons. The number of piperidine rings is 1. The summed E-state index contributed by atoms with van der Waals surface area (Å²) in [5.41, 5.74) is 0. The topological polar surface area (TPSA) is 67.6 Å². The third-order valence-electron chi connectivity index (χ3n) is 5.12. The van der Waals surface area contributed by atoms with Crippen molar-refractivity contribution in [2.45, 2.75) is 33.2 Å². The number of hydrogen-bond acceptors (Lipinski definition) is 4. The van der Waals surface area contributed by atoms with Crippen LogP contribution in [0, 0.1) is 12.8 Å². The van der Waals surface area contributed by atoms with Gasteiger partial charge in [-0.05, 0) is 50.8 Å². The Morgan fingerprint density at radius 2 is 1.90 bits per heavy atom. The number of aliphatic imine (C=N–C) groups is 1. The highest BCUT2D eigenvalue weighted by Crippen LogP contribution is 2.26. The van der Waals surface area contributed by atoms with Crippen molar-refractivity contribution in [1.29, 1.82) is 0 Å². The largest absolute Gasteiger partial charge is 0.493 e. The molecule has 1 aromatic carbocycles. The van der Waals surface area contributed by atoms with Gasteiger partial charge in [-0.15, -0.1) is 10.2 Å². The lowest BCUT2D eigenvalue weighted by Gasteiger charge is -2.34. The normalized spacial score (nSPS) is 15.6. The lowest BCUT2D eigenvalue weighted by atomic mass is 9.98. The van der Waals surface area contributed by atoms with Gasteiger partial charge in [0.25, 0.3) is 0 Å². The van der Waals surface area contributed by atoms with Crippen LogP contribution in [0.4, 0.5) is 0 Å². The predicted molar refractivity (Wildman–Crippen MR) is 117 cm³/mol. The van der Waals surface area contributed by atoms with Crippen LogP contribution in [0.25, 0.3) is 0 Å². The van der Waals surface area contributed by atoms with Gasteiger partial charge in [-0.1, -0.05) is 23.2 Å². The summed E-state index contributed by atoms with van der Waals surface area (Å²) >= 11 is 12.1. The van der Waals surface area contributed by atoms with Crippen molar-refractivity contribution in [1.82, 2.24) is 25.0 Å². The van der Waals surface area contributed by atoms with E-state index in [1.54, 1.807) is 18.2 Å². The quantitative estimate of drug-likeness (QED) is 0.550. The zero-order valence-electron chi connectivity index (χ0n) is 17.2. The lowest BCUT2D eigenvalue weighted by Crippen LogP contribution is -2.46. The van der Waals surface area contributed by atoms with E-state index in [4.69, 9.17) is 32.9 Å². The maximum atomic E-state index is 6.04. The van der Waals surface area contributed by atoms with Gasteiger partial charge in [0.1, 0.15) is 18.1 Å². The minimum atomic E-state index is 0.494. The Morgan fingerprint density at radius 1 is 1.21 bits per heavy atom. The molecule has 1 N–H and O–H groups in total. The highest BCUT2D eigenvalue weighted by Gasteiger charge is 2.22. The van der Waals surface area contributed by atoms with Gasteiger partial charge in [-0.25, -0.2) is 4.99 Å². The molecule has 7 nitrogen and oxygen atoms in total. The number of likely N-dealkylation sites (tertiary alicyclic amines) is 1. The molecule has 1 aromatic heterocycles. The number of ether oxygens (including phenoxy) is 1. The first-order chi connectivity index (χ1) is 14.0. The van der Waals surface area contributed by atoms with E-state index in [1.807, 2.05) is 18.5 Å². The van der Waals surface area contributed by atoms with Crippen molar-refractivity contribution >= 4 is 29.2 Å². The monoisotopic (exact) mass is 438 g/mol. The summed E-state index contributed by atoms with van der Waals surface area (Å²) in [6.45, 7) is 7.90. The molecule has 0 amide bonds. The fraction of sp³-hybridized carbons (Fsp3) is 0.550. The smallest absolute Gasteiger partial charge is 0.194 e. The molecule has 29 heavy (non-hydrogen) atoms. The Bertz CT molecular complexity index is 825. The van der Waals surface area contributed by atoms with E-state index in [2.05, 4.69) is 27.3 Å². The number of nitrogens with zero attached hydrogens (tertiary/aromatic N) is 5. The van der Waals surface area contributed by atoms with Gasteiger partial charge in [0.15, 0.2) is 11.8 Å². The second-order valence-electron chi connectivity index (χ2n) is 7.24. The molecular weight excluding hydrogens is 411 g/mol. The number of rotatable bonds is 6. The number of nitrogens with one attached hydrogen (secondary N) is 1. The zero-order chi connectivity index (χ0) is 20.8. The van der Waals surface area contributed by atoms with E-state index in [0.717, 1.165) is 55.8 Å². The standard InChI is InChI=1S/C20H28Cl2N6O/c1-4-23-20(24-12-19-26-25-14(2)27(19)3)28-7-5-15(6-8-28)13-29-18-10-16(21)9-17(22)11-18/h9-11,15H,4-8,12-13H2,1-3H3,(H,23,24). The maximum absolute atomic E-state index is 6.04. The average molecular weight is 439 g/mol. The molecule has 0 atom stereocenters. The maximum Gasteiger partial charge on any atom is 0.194 e. The van der Waals surface area contributed by atoms with Gasteiger partial charge < -0.3 is 19.5 Å². The van der Waals surface area contributed by atoms with Crippen LogP contribution in [0.15, 0.2) is 23.2 Å². The molecule has 0 spiro atoms. The van der Waals surface area contributed by atoms with Gasteiger partial charge in [-0.2, -0.15) is 0 Å². The van der Waals surface area contributed by atoms with Crippen LogP contribution < -0.4 is 10.1 Å². The molecule has 2 aromatic rings. The van der Waals surface area contributed by atoms with Crippen molar-refractivity contribution < 1.29 is 4.74 Å². The zero-order valence-corrected chi connectivity index (χ0v) is 18.7. The van der Waals surface area contributed by atoms with Crippen LogP contribution in [0.5, 0.6) is 5.75 Å². The van der Waals surface area contributed by atoms with Crippen LogP contribution in [0.1, 0.15) is 31.4 Å². The summed E-state index contributed by atoms with van der Waals surface area (Å²) in [7, 11) is 1.96. The first-order valence-corrected chi connectivity index (χ1v) is 10.7. The predicted octanol–water partition coefficient (Wildman–Crippen LogP) is 3.69. The molecule has 9 heteroatoms. The summed E-state index contributed by atoms with van der Waals surface area (Å²) in [5.74, 6) is 3.89. The minimum absolute atomic E-state index is 0.494. The van der Waals surface area contributed by atoms with Gasteiger partial charge in [0.2, 0.25) is 0 Å². The van der Waals surface area contributed by atoms with Crippen molar-refractivity contribution in [2.24, 2.45) is 18.0 Å². The van der Waals surface area contributed by atoms with Crippen LogP contribution in [-0.4, -0.2) is 51.9 Å². The van der Waals surface area contributed by atoms with Crippen LogP contribution in [-0.2, 0) is 13.6 Å². The highest BCUT2D eigenvalue weighted by molar-refractivity contribution is 6.34. The Kier molecular flexibility index (Phi) is 7.61. The number of aromatic nitrogens is 3. The van der Waals surface area contributed by atoms with Gasteiger partial charge in [-0.3, -0.25) is 0 Å². The Morgan fingerprint density at radius 3 is 2.48 bits per heavy atom. The van der Waals surface area contributed by atoms with Gasteiger partial charge >= 0.3 is 0 Å². The first-order valence-electron chi connectivity index (χ1n) is 9.93. The summed E-state index contributed by atoms with van der Waals surface area (Å²) in [6, 6.07) is 5.30. The molecule has 158 valence electrons. The first kappa shape index (κ1) is 21.7. The molecular formula is C20H28Cl2N6O. The van der Waals surface area contributed by atoms with Crippen LogP contribution in [0.3, 0.4) is 0 Å². The van der Waals surface area contributed by atoms with Gasteiger partial charge in [0, 0.05) is 36.7 Å². The summed E-state index contributed by atoms with van der Waals surface area (Å²) < 4.78 is 7.89. The summed E-state index contributed by atoms with van der Waals surface area (Å²) in [6.07, 6.45) is 2.09. The molecule has 2 heterocycles. The lowest BCUT2D eigenvalue weighted by molar-refractivity contribution is 0.179. The second kappa shape index (κ2) is 10.2. The second-order valence-corrected chi connectivity index (χ2v) is 8.11. The Balaban J connectivity index is 1.53. The molecule has 0 unspecified atom stereocenters. The van der Waals surface area contributed by atoms with Gasteiger partial charge in [0.05, 0.1) is 6.61 Å². The molecule has 1 fully saturated rings. The van der Waals surface area contributed by atoms with Crippen LogP contribution in [0.2, 0.25) is 10.0 Å². The third kappa shape index (κ3) is 6.00. The third-order valence-corrected chi connectivity index (χ3v) is 5.56. The van der Waals surface area contributed by atoms with E-state index in [9.17, 15) is 0 Å². The van der Waals surface area contributed by atoms with Crippen molar-refractivity contribution in [3.63, 3.8) is 0 Å².